The van der Waals surface area contributed by atoms with Gasteiger partial charge in [0.25, 0.3) is 0 Å². The molecule has 0 atom stereocenters. The Hall–Kier alpha value is -3.23. The normalized spacial score (nSPS) is 10.8. The fourth-order valence-electron chi connectivity index (χ4n) is 2.26. The first-order valence-electron chi connectivity index (χ1n) is 7.85. The van der Waals surface area contributed by atoms with Crippen LogP contribution in [-0.2, 0) is 13.5 Å². The summed E-state index contributed by atoms with van der Waals surface area (Å²) in [5.41, 5.74) is 0.703. The Bertz CT molecular complexity index is 886. The van der Waals surface area contributed by atoms with Crippen LogP contribution >= 0.6 is 0 Å². The summed E-state index contributed by atoms with van der Waals surface area (Å²) in [7, 11) is 1.62. The summed E-state index contributed by atoms with van der Waals surface area (Å²) in [4.78, 5) is 18.5. The quantitative estimate of drug-likeness (QED) is 0.477. The van der Waals surface area contributed by atoms with Crippen molar-refractivity contribution in [1.29, 1.82) is 0 Å². The highest BCUT2D eigenvalue weighted by Crippen LogP contribution is 2.31. The largest absolute Gasteiger partial charge is 0.434 e. The second-order valence-corrected chi connectivity index (χ2v) is 5.49. The minimum Gasteiger partial charge on any atom is -0.434 e. The fraction of sp³-hybridized carbons (Fsp3) is 0.312. The predicted molar refractivity (Wildman–Crippen MR) is 88.3 cm³/mol. The van der Waals surface area contributed by atoms with E-state index in [1.165, 1.54) is 10.9 Å². The lowest BCUT2D eigenvalue weighted by Gasteiger charge is -2.06. The van der Waals surface area contributed by atoms with Crippen molar-refractivity contribution in [2.75, 3.05) is 0 Å². The summed E-state index contributed by atoms with van der Waals surface area (Å²) in [6.45, 7) is 2.09. The number of ether oxygens (including phenoxy) is 1. The lowest BCUT2D eigenvalue weighted by Crippen LogP contribution is -1.96. The molecule has 0 saturated carbocycles. The summed E-state index contributed by atoms with van der Waals surface area (Å²) >= 11 is 0. The Labute approximate surface area is 143 Å². The number of hydrogen-bond donors (Lipinski definition) is 0. The molecule has 0 spiro atoms. The summed E-state index contributed by atoms with van der Waals surface area (Å²) in [6, 6.07) is 6.97. The maximum atomic E-state index is 11.0. The maximum Gasteiger partial charge on any atom is 0.427 e. The van der Waals surface area contributed by atoms with Crippen LogP contribution in [0.3, 0.4) is 0 Å². The molecule has 3 rings (SSSR count). The number of rotatable bonds is 7. The molecule has 0 aliphatic rings. The van der Waals surface area contributed by atoms with Crippen LogP contribution in [0.15, 0.2) is 35.1 Å². The van der Waals surface area contributed by atoms with E-state index in [0.29, 0.717) is 23.0 Å². The lowest BCUT2D eigenvalue weighted by molar-refractivity contribution is -0.390. The molecule has 0 unspecified atom stereocenters. The Morgan fingerprint density at radius 3 is 3.00 bits per heavy atom. The number of unbranched alkanes of at least 4 members (excludes halogenated alkanes) is 1. The zero-order valence-electron chi connectivity index (χ0n) is 13.9. The van der Waals surface area contributed by atoms with Crippen LogP contribution in [0.1, 0.15) is 25.7 Å². The molecule has 2 heterocycles. The van der Waals surface area contributed by atoms with Crippen molar-refractivity contribution >= 4 is 5.82 Å². The topological polar surface area (TPSA) is 109 Å². The molecule has 25 heavy (non-hydrogen) atoms. The van der Waals surface area contributed by atoms with Crippen LogP contribution < -0.4 is 4.74 Å². The van der Waals surface area contributed by atoms with Crippen LogP contribution in [-0.4, -0.2) is 24.6 Å². The molecule has 3 aromatic rings. The average Bonchev–Trinajstić information content (AvgIpc) is 3.21. The third-order valence-corrected chi connectivity index (χ3v) is 3.56. The molecule has 9 heteroatoms. The third kappa shape index (κ3) is 3.65. The molecule has 0 aliphatic heterocycles. The molecule has 2 aromatic heterocycles. The van der Waals surface area contributed by atoms with Gasteiger partial charge in [0.15, 0.2) is 0 Å². The van der Waals surface area contributed by atoms with E-state index >= 15 is 0 Å². The number of hydrogen-bond acceptors (Lipinski definition) is 7. The standard InChI is InChI=1S/C16H17N5O4/c1-3-4-8-13-18-14(19-25-13)11-6-5-7-12(9-11)24-16-15(21(22)23)17-10-20(16)2/h5-7,9-10H,3-4,8H2,1-2H3. The molecule has 0 N–H and O–H groups in total. The van der Waals surface area contributed by atoms with Gasteiger partial charge in [-0.3, -0.25) is 4.57 Å². The van der Waals surface area contributed by atoms with Gasteiger partial charge >= 0.3 is 11.7 Å². The lowest BCUT2D eigenvalue weighted by atomic mass is 10.2. The molecule has 0 saturated heterocycles. The van der Waals surface area contributed by atoms with E-state index < -0.39 is 4.92 Å². The zero-order valence-corrected chi connectivity index (χ0v) is 13.9. The average molecular weight is 343 g/mol. The van der Waals surface area contributed by atoms with Gasteiger partial charge < -0.3 is 19.4 Å². The smallest absolute Gasteiger partial charge is 0.427 e. The third-order valence-electron chi connectivity index (χ3n) is 3.56. The van der Waals surface area contributed by atoms with Crippen molar-refractivity contribution in [3.05, 3.63) is 46.6 Å². The molecular formula is C16H17N5O4. The molecule has 0 radical (unpaired) electrons. The van der Waals surface area contributed by atoms with Gasteiger partial charge in [-0.25, -0.2) is 0 Å². The van der Waals surface area contributed by atoms with Gasteiger partial charge in [-0.1, -0.05) is 30.6 Å². The fourth-order valence-corrected chi connectivity index (χ4v) is 2.26. The Morgan fingerprint density at radius 2 is 2.24 bits per heavy atom. The Balaban J connectivity index is 1.84. The van der Waals surface area contributed by atoms with Crippen molar-refractivity contribution in [3.63, 3.8) is 0 Å². The monoisotopic (exact) mass is 343 g/mol. The number of aromatic nitrogens is 4. The van der Waals surface area contributed by atoms with E-state index in [-0.39, 0.29) is 11.7 Å². The summed E-state index contributed by atoms with van der Waals surface area (Å²) in [5, 5.41) is 15.0. The second kappa shape index (κ2) is 7.12. The highest BCUT2D eigenvalue weighted by atomic mass is 16.6. The first-order valence-corrected chi connectivity index (χ1v) is 7.85. The minimum absolute atomic E-state index is 0.0545. The van der Waals surface area contributed by atoms with E-state index in [4.69, 9.17) is 9.26 Å². The number of nitrogens with zero attached hydrogens (tertiary/aromatic N) is 5. The van der Waals surface area contributed by atoms with E-state index in [9.17, 15) is 10.1 Å². The predicted octanol–water partition coefficient (Wildman–Crippen LogP) is 3.51. The molecule has 0 aliphatic carbocycles. The van der Waals surface area contributed by atoms with E-state index in [2.05, 4.69) is 22.0 Å². The second-order valence-electron chi connectivity index (χ2n) is 5.49. The van der Waals surface area contributed by atoms with Crippen LogP contribution in [0.25, 0.3) is 11.4 Å². The zero-order chi connectivity index (χ0) is 17.8. The highest BCUT2D eigenvalue weighted by molar-refractivity contribution is 5.57. The number of imidazole rings is 1. The molecule has 0 fully saturated rings. The molecule has 130 valence electrons. The maximum absolute atomic E-state index is 11.0. The van der Waals surface area contributed by atoms with Gasteiger partial charge in [-0.05, 0) is 28.5 Å². The van der Waals surface area contributed by atoms with Crippen molar-refractivity contribution < 1.29 is 14.2 Å². The number of aryl methyl sites for hydroxylation is 2. The van der Waals surface area contributed by atoms with Crippen molar-refractivity contribution in [3.8, 4) is 23.0 Å². The van der Waals surface area contributed by atoms with E-state index in [1.807, 2.05) is 6.07 Å². The van der Waals surface area contributed by atoms with E-state index in [1.54, 1.807) is 25.2 Å². The van der Waals surface area contributed by atoms with Gasteiger partial charge in [-0.2, -0.15) is 4.98 Å². The van der Waals surface area contributed by atoms with Crippen LogP contribution in [0, 0.1) is 10.1 Å². The van der Waals surface area contributed by atoms with Crippen LogP contribution in [0.4, 0.5) is 5.82 Å². The van der Waals surface area contributed by atoms with Gasteiger partial charge in [0.2, 0.25) is 18.0 Å². The highest BCUT2D eigenvalue weighted by Gasteiger charge is 2.22. The first-order chi connectivity index (χ1) is 12.1. The molecule has 9 nitrogen and oxygen atoms in total. The van der Waals surface area contributed by atoms with Crippen molar-refractivity contribution in [2.45, 2.75) is 26.2 Å². The van der Waals surface area contributed by atoms with Gasteiger partial charge in [0.05, 0.1) is 0 Å². The minimum atomic E-state index is -0.585. The molecule has 0 bridgehead atoms. The number of nitro groups is 1. The first kappa shape index (κ1) is 16.6. The Kier molecular flexibility index (Phi) is 4.73. The molecule has 1 aromatic carbocycles. The van der Waals surface area contributed by atoms with Crippen molar-refractivity contribution in [2.24, 2.45) is 7.05 Å². The van der Waals surface area contributed by atoms with Crippen molar-refractivity contribution in [1.82, 2.24) is 19.7 Å². The van der Waals surface area contributed by atoms with E-state index in [0.717, 1.165) is 19.3 Å². The van der Waals surface area contributed by atoms with Gasteiger partial charge in [0, 0.05) is 19.0 Å². The summed E-state index contributed by atoms with van der Waals surface area (Å²) in [6.07, 6.45) is 4.09. The molecular weight excluding hydrogens is 326 g/mol. The SMILES string of the molecule is CCCCc1nc(-c2cccc(Oc3c([N+](=O)[O-])ncn3C)c2)no1. The van der Waals surface area contributed by atoms with Crippen LogP contribution in [0.5, 0.6) is 11.6 Å². The number of benzene rings is 1. The van der Waals surface area contributed by atoms with Gasteiger partial charge in [-0.15, -0.1) is 0 Å². The van der Waals surface area contributed by atoms with Gasteiger partial charge in [0.1, 0.15) is 5.75 Å². The summed E-state index contributed by atoms with van der Waals surface area (Å²) in [5.74, 6) is 1.18. The summed E-state index contributed by atoms with van der Waals surface area (Å²) < 4.78 is 12.3. The Morgan fingerprint density at radius 1 is 1.40 bits per heavy atom. The van der Waals surface area contributed by atoms with Crippen LogP contribution in [0.2, 0.25) is 0 Å². The molecule has 0 amide bonds.